The van der Waals surface area contributed by atoms with Crippen LogP contribution in [0.4, 0.5) is 9.59 Å². The van der Waals surface area contributed by atoms with Crippen LogP contribution in [0.1, 0.15) is 96.9 Å². The van der Waals surface area contributed by atoms with Crippen molar-refractivity contribution in [3.05, 3.63) is 84.7 Å². The fourth-order valence-corrected chi connectivity index (χ4v) is 10.3. The highest BCUT2D eigenvalue weighted by molar-refractivity contribution is 5.91. The monoisotopic (exact) mass is 854 g/mol. The average molecular weight is 855 g/mol. The van der Waals surface area contributed by atoms with Gasteiger partial charge >= 0.3 is 12.2 Å². The Bertz CT molecular complexity index is 2550. The van der Waals surface area contributed by atoms with E-state index in [-0.39, 0.29) is 41.3 Å². The number of rotatable bonds is 10. The van der Waals surface area contributed by atoms with Crippen molar-refractivity contribution in [2.45, 2.75) is 103 Å². The summed E-state index contributed by atoms with van der Waals surface area (Å²) in [5.41, 5.74) is 5.57. The fourth-order valence-electron chi connectivity index (χ4n) is 10.3. The minimum absolute atomic E-state index is 0.102. The molecule has 4 aliphatic rings. The van der Waals surface area contributed by atoms with Gasteiger partial charge in [0.1, 0.15) is 23.7 Å². The predicted octanol–water partition coefficient (Wildman–Crippen LogP) is 8.54. The molecule has 5 aromatic rings. The molecule has 2 saturated carbocycles. The van der Waals surface area contributed by atoms with Gasteiger partial charge in [0.05, 0.1) is 50.1 Å². The Balaban J connectivity index is 0.896. The Morgan fingerprint density at radius 1 is 0.762 bits per heavy atom. The highest BCUT2D eigenvalue weighted by atomic mass is 16.5. The van der Waals surface area contributed by atoms with Crippen molar-refractivity contribution in [2.24, 2.45) is 22.7 Å². The van der Waals surface area contributed by atoms with E-state index < -0.39 is 29.7 Å². The van der Waals surface area contributed by atoms with Crippen molar-refractivity contribution in [1.29, 1.82) is 0 Å². The Labute approximate surface area is 367 Å². The first-order valence-electron chi connectivity index (χ1n) is 22.2. The summed E-state index contributed by atoms with van der Waals surface area (Å²) in [6.45, 7) is 10.4. The zero-order valence-corrected chi connectivity index (χ0v) is 37.2. The molecule has 2 saturated heterocycles. The third kappa shape index (κ3) is 8.04. The number of nitrogens with one attached hydrogen (secondary N) is 4. The lowest BCUT2D eigenvalue weighted by Gasteiger charge is -2.40. The number of hydrogen-bond donors (Lipinski definition) is 4. The van der Waals surface area contributed by atoms with Crippen molar-refractivity contribution in [1.82, 2.24) is 40.4 Å². The first-order chi connectivity index (χ1) is 30.1. The molecule has 63 heavy (non-hydrogen) atoms. The summed E-state index contributed by atoms with van der Waals surface area (Å²) in [6.07, 6.45) is 8.40. The molecule has 14 nitrogen and oxygen atoms in total. The number of methoxy groups -OCH3 is 2. The zero-order chi connectivity index (χ0) is 44.4. The van der Waals surface area contributed by atoms with Gasteiger partial charge in [0, 0.05) is 18.2 Å². The van der Waals surface area contributed by atoms with Crippen molar-refractivity contribution in [3.63, 3.8) is 0 Å². The molecular weight excluding hydrogens is 797 g/mol. The second-order valence-corrected chi connectivity index (χ2v) is 19.6. The molecule has 4 amide bonds. The predicted molar refractivity (Wildman–Crippen MR) is 239 cm³/mol. The normalized spacial score (nSPS) is 22.1. The van der Waals surface area contributed by atoms with Crippen molar-refractivity contribution < 1.29 is 28.7 Å². The number of imidazole rings is 2. The molecule has 0 unspecified atom stereocenters. The fraction of sp³-hybridized carbons (Fsp3) is 0.469. The van der Waals surface area contributed by atoms with Gasteiger partial charge in [-0.2, -0.15) is 0 Å². The number of benzene rings is 3. The Kier molecular flexibility index (Phi) is 10.8. The second kappa shape index (κ2) is 16.2. The van der Waals surface area contributed by atoms with Crippen LogP contribution in [0.5, 0.6) is 0 Å². The number of aromatic amines is 2. The lowest BCUT2D eigenvalue weighted by molar-refractivity contribution is -0.141. The molecule has 2 bridgehead atoms. The van der Waals surface area contributed by atoms with Crippen molar-refractivity contribution in [3.8, 4) is 33.6 Å². The molecule has 4 N–H and O–H groups in total. The number of ether oxygens (including phenoxy) is 2. The van der Waals surface area contributed by atoms with Crippen LogP contribution in [0.2, 0.25) is 0 Å². The minimum Gasteiger partial charge on any atom is -0.453 e. The highest BCUT2D eigenvalue weighted by Crippen LogP contribution is 2.58. The van der Waals surface area contributed by atoms with Crippen LogP contribution >= 0.6 is 0 Å². The van der Waals surface area contributed by atoms with E-state index in [0.29, 0.717) is 12.5 Å². The number of likely N-dealkylation sites (tertiary alicyclic amines) is 2. The molecule has 2 aromatic heterocycles. The molecule has 0 radical (unpaired) electrons. The molecule has 4 heterocycles. The van der Waals surface area contributed by atoms with Gasteiger partial charge in [-0.1, -0.05) is 83.1 Å². The summed E-state index contributed by atoms with van der Waals surface area (Å²) >= 11 is 0. The van der Waals surface area contributed by atoms with Crippen LogP contribution in [0.25, 0.3) is 44.4 Å². The number of nitrogens with zero attached hydrogens (tertiary/aromatic N) is 4. The van der Waals surface area contributed by atoms with Gasteiger partial charge < -0.3 is 39.9 Å². The van der Waals surface area contributed by atoms with Crippen molar-refractivity contribution >= 4 is 34.8 Å². The van der Waals surface area contributed by atoms with E-state index in [1.807, 2.05) is 56.8 Å². The summed E-state index contributed by atoms with van der Waals surface area (Å²) in [4.78, 5) is 73.1. The average Bonchev–Trinajstić information content (AvgIpc) is 3.91. The summed E-state index contributed by atoms with van der Waals surface area (Å²) in [7, 11) is 2.62. The second-order valence-electron chi connectivity index (χ2n) is 19.6. The van der Waals surface area contributed by atoms with Crippen LogP contribution in [0.15, 0.2) is 73.1 Å². The summed E-state index contributed by atoms with van der Waals surface area (Å²) < 4.78 is 9.70. The molecular formula is C49H58N8O6. The number of hydrogen-bond acceptors (Lipinski definition) is 8. The maximum absolute atomic E-state index is 14.2. The maximum atomic E-state index is 14.2. The molecule has 14 heteroatoms. The number of aromatic nitrogens is 4. The van der Waals surface area contributed by atoms with Gasteiger partial charge in [-0.25, -0.2) is 19.6 Å². The summed E-state index contributed by atoms with van der Waals surface area (Å²) in [5.74, 6) is 1.52. The molecule has 3 aromatic carbocycles. The largest absolute Gasteiger partial charge is 0.453 e. The first kappa shape index (κ1) is 42.1. The molecule has 2 aliphatic carbocycles. The number of alkyl carbamates (subject to hydrolysis) is 2. The van der Waals surface area contributed by atoms with E-state index in [0.717, 1.165) is 94.6 Å². The summed E-state index contributed by atoms with van der Waals surface area (Å²) in [5, 5.41) is 7.77. The van der Waals surface area contributed by atoms with Crippen LogP contribution in [-0.4, -0.2) is 92.6 Å². The highest BCUT2D eigenvalue weighted by Gasteiger charge is 2.55. The van der Waals surface area contributed by atoms with Gasteiger partial charge in [0.25, 0.3) is 0 Å². The standard InChI is InChI=1S/C49H58N8O6/c1-27(2)39(54-46(60)62-6)44(58)56-26-49(18-19-49)23-38(56)42-50-25-37(52-42)33-15-14-31-20-30(12-13-32(31)21-33)28-8-10-29(11-9-28)36-24-51-43(53-36)40-34-16-17-35(22-34)57(40)45(59)41(48(3,4)5)55-47(61)63-7/h8-15,20-21,24-25,27,34-35,38-41H,16-19,22-23,26H2,1-7H3,(H,50,52)(H,51,53)(H,54,60)(H,55,61)/t34-,35+,38-,39-,40-,41+/m0/s1. The number of carbonyl (C=O) groups is 4. The van der Waals surface area contributed by atoms with Crippen LogP contribution in [-0.2, 0) is 19.1 Å². The van der Waals surface area contributed by atoms with Gasteiger partial charge in [-0.15, -0.1) is 0 Å². The van der Waals surface area contributed by atoms with E-state index in [1.165, 1.54) is 14.2 Å². The number of fused-ring (bicyclic) bond motifs is 3. The maximum Gasteiger partial charge on any atom is 0.407 e. The SMILES string of the molecule is COC(=O)N[C@H](C(=O)N1CC2(CC2)C[C@H]1c1ncc(-c2ccc3cc(-c4ccc(-c5cnc([C@@H]6[C@H]7CC[C@H](C7)N6C(=O)[C@@H](NC(=O)OC)C(C)(C)C)[nH]5)cc4)ccc3c2)[nH]1)C(C)C. The molecule has 9 rings (SSSR count). The molecule has 4 fully saturated rings. The topological polar surface area (TPSA) is 175 Å². The minimum atomic E-state index is -0.734. The van der Waals surface area contributed by atoms with Gasteiger partial charge in [0.2, 0.25) is 11.8 Å². The Morgan fingerprint density at radius 2 is 1.35 bits per heavy atom. The van der Waals surface area contributed by atoms with E-state index in [4.69, 9.17) is 19.4 Å². The molecule has 330 valence electrons. The van der Waals surface area contributed by atoms with Gasteiger partial charge in [-0.3, -0.25) is 9.59 Å². The smallest absolute Gasteiger partial charge is 0.407 e. The molecule has 6 atom stereocenters. The number of piperidine rings is 1. The number of carbonyl (C=O) groups excluding carboxylic acids is 4. The number of amides is 4. The lowest BCUT2D eigenvalue weighted by atomic mass is 9.85. The third-order valence-electron chi connectivity index (χ3n) is 14.0. The van der Waals surface area contributed by atoms with E-state index in [1.54, 1.807) is 0 Å². The Hall–Kier alpha value is -6.18. The van der Waals surface area contributed by atoms with Crippen LogP contribution < -0.4 is 10.6 Å². The van der Waals surface area contributed by atoms with Crippen LogP contribution in [0, 0.1) is 22.7 Å². The Morgan fingerprint density at radius 3 is 2.00 bits per heavy atom. The molecule has 2 aliphatic heterocycles. The van der Waals surface area contributed by atoms with E-state index in [9.17, 15) is 19.2 Å². The first-order valence-corrected chi connectivity index (χ1v) is 22.2. The van der Waals surface area contributed by atoms with E-state index in [2.05, 4.69) is 81.3 Å². The van der Waals surface area contributed by atoms with Gasteiger partial charge in [0.15, 0.2) is 0 Å². The van der Waals surface area contributed by atoms with E-state index >= 15 is 0 Å². The van der Waals surface area contributed by atoms with Crippen molar-refractivity contribution in [2.75, 3.05) is 20.8 Å². The van der Waals surface area contributed by atoms with Crippen LogP contribution in [0.3, 0.4) is 0 Å². The summed E-state index contributed by atoms with van der Waals surface area (Å²) in [6, 6.07) is 19.6. The molecule has 1 spiro atoms. The van der Waals surface area contributed by atoms with Gasteiger partial charge in [-0.05, 0) is 101 Å². The third-order valence-corrected chi connectivity index (χ3v) is 14.0. The quantitative estimate of drug-likeness (QED) is 0.108. The zero-order valence-electron chi connectivity index (χ0n) is 37.2. The number of H-pyrrole nitrogens is 2. The lowest BCUT2D eigenvalue weighted by Crippen LogP contribution is -2.56.